The van der Waals surface area contributed by atoms with Crippen LogP contribution < -0.4 is 0 Å². The molecule has 1 saturated heterocycles. The maximum atomic E-state index is 11.0. The highest BCUT2D eigenvalue weighted by atomic mass is 16.6. The summed E-state index contributed by atoms with van der Waals surface area (Å²) in [5.41, 5.74) is 0.300. The number of aromatic hydroxyl groups is 1. The van der Waals surface area contributed by atoms with Gasteiger partial charge in [0.2, 0.25) is 0 Å². The topological polar surface area (TPSA) is 144 Å². The van der Waals surface area contributed by atoms with Crippen molar-refractivity contribution in [2.24, 2.45) is 0 Å². The predicted octanol–water partition coefficient (Wildman–Crippen LogP) is 1.13. The first-order chi connectivity index (χ1) is 12.8. The molecule has 10 nitrogen and oxygen atoms in total. The summed E-state index contributed by atoms with van der Waals surface area (Å²) in [6.07, 6.45) is 2.59. The summed E-state index contributed by atoms with van der Waals surface area (Å²) in [6, 6.07) is 3.74. The normalized spacial score (nSPS) is 17.7. The number of carbonyl (C=O) groups is 2. The number of piperidine rings is 1. The number of hydrogen-bond donors (Lipinski definition) is 3. The monoisotopic (exact) mass is 381 g/mol. The van der Waals surface area contributed by atoms with E-state index in [0.717, 1.165) is 19.3 Å². The van der Waals surface area contributed by atoms with E-state index in [1.54, 1.807) is 0 Å². The van der Waals surface area contributed by atoms with Crippen LogP contribution in [-0.4, -0.2) is 74.2 Å². The van der Waals surface area contributed by atoms with Crippen molar-refractivity contribution in [3.8, 4) is 5.75 Å². The number of phenols is 1. The van der Waals surface area contributed by atoms with Crippen LogP contribution in [0, 0.1) is 10.1 Å². The summed E-state index contributed by atoms with van der Waals surface area (Å²) < 4.78 is 0. The average molecular weight is 381 g/mol. The van der Waals surface area contributed by atoms with Crippen molar-refractivity contribution in [3.05, 3.63) is 33.9 Å². The SMILES string of the molecule is O=C(O)CN(CC(=O)O)CC1CCCCN1Cc1cc([N+](=O)[O-])ccc1O. The molecule has 1 atom stereocenters. The van der Waals surface area contributed by atoms with Gasteiger partial charge in [0.15, 0.2) is 0 Å². The van der Waals surface area contributed by atoms with Gasteiger partial charge in [0.25, 0.3) is 5.69 Å². The molecule has 1 aliphatic rings. The molecule has 0 spiro atoms. The summed E-state index contributed by atoms with van der Waals surface area (Å²) in [5, 5.41) is 39.0. The summed E-state index contributed by atoms with van der Waals surface area (Å²) in [6.45, 7) is 0.457. The smallest absolute Gasteiger partial charge is 0.317 e. The Morgan fingerprint density at radius 3 is 2.48 bits per heavy atom. The van der Waals surface area contributed by atoms with Gasteiger partial charge in [-0.2, -0.15) is 0 Å². The molecule has 0 saturated carbocycles. The lowest BCUT2D eigenvalue weighted by molar-refractivity contribution is -0.385. The number of likely N-dealkylation sites (tertiary alicyclic amines) is 1. The van der Waals surface area contributed by atoms with Gasteiger partial charge in [0, 0.05) is 36.8 Å². The molecule has 1 aromatic carbocycles. The Balaban J connectivity index is 2.14. The third-order valence-corrected chi connectivity index (χ3v) is 4.58. The van der Waals surface area contributed by atoms with Gasteiger partial charge < -0.3 is 15.3 Å². The van der Waals surface area contributed by atoms with Crippen LogP contribution >= 0.6 is 0 Å². The first-order valence-corrected chi connectivity index (χ1v) is 8.62. The Hall–Kier alpha value is -2.72. The summed E-state index contributed by atoms with van der Waals surface area (Å²) >= 11 is 0. The Morgan fingerprint density at radius 1 is 1.22 bits per heavy atom. The van der Waals surface area contributed by atoms with Gasteiger partial charge in [-0.05, 0) is 25.5 Å². The minimum Gasteiger partial charge on any atom is -0.508 e. The molecule has 1 aliphatic heterocycles. The van der Waals surface area contributed by atoms with Crippen LogP contribution in [-0.2, 0) is 16.1 Å². The van der Waals surface area contributed by atoms with Crippen LogP contribution in [0.25, 0.3) is 0 Å². The van der Waals surface area contributed by atoms with E-state index in [0.29, 0.717) is 12.1 Å². The van der Waals surface area contributed by atoms with Gasteiger partial charge in [-0.15, -0.1) is 0 Å². The number of nitro groups is 1. The zero-order valence-corrected chi connectivity index (χ0v) is 14.8. The molecular formula is C17H23N3O7. The number of aliphatic carboxylic acids is 2. The van der Waals surface area contributed by atoms with E-state index in [2.05, 4.69) is 0 Å². The highest BCUT2D eigenvalue weighted by Crippen LogP contribution is 2.27. The average Bonchev–Trinajstić information content (AvgIpc) is 2.57. The Bertz CT molecular complexity index is 694. The summed E-state index contributed by atoms with van der Waals surface area (Å²) in [5.74, 6) is -2.25. The molecule has 1 fully saturated rings. The Labute approximate surface area is 155 Å². The summed E-state index contributed by atoms with van der Waals surface area (Å²) in [7, 11) is 0. The number of nitrogens with zero attached hydrogens (tertiary/aromatic N) is 3. The standard InChI is InChI=1S/C17H23N3O7/c21-15-5-4-13(20(26)27)7-12(15)8-19-6-2-1-3-14(19)9-18(10-16(22)23)11-17(24)25/h4-5,7,14,21H,1-3,6,8-11H2,(H,22,23)(H,24,25). The Morgan fingerprint density at radius 2 is 1.89 bits per heavy atom. The van der Waals surface area contributed by atoms with Crippen LogP contribution in [0.2, 0.25) is 0 Å². The largest absolute Gasteiger partial charge is 0.508 e. The molecule has 3 N–H and O–H groups in total. The predicted molar refractivity (Wildman–Crippen MR) is 94.5 cm³/mol. The second-order valence-electron chi connectivity index (χ2n) is 6.65. The highest BCUT2D eigenvalue weighted by molar-refractivity contribution is 5.72. The van der Waals surface area contributed by atoms with Crippen LogP contribution in [0.1, 0.15) is 24.8 Å². The van der Waals surface area contributed by atoms with E-state index < -0.39 is 16.9 Å². The van der Waals surface area contributed by atoms with E-state index in [9.17, 15) is 24.8 Å². The number of carboxylic acids is 2. The van der Waals surface area contributed by atoms with Crippen LogP contribution in [0.3, 0.4) is 0 Å². The molecule has 0 radical (unpaired) electrons. The van der Waals surface area contributed by atoms with E-state index in [1.165, 1.54) is 23.1 Å². The number of hydrogen-bond acceptors (Lipinski definition) is 7. The third kappa shape index (κ3) is 6.19. The van der Waals surface area contributed by atoms with E-state index in [4.69, 9.17) is 10.2 Å². The van der Waals surface area contributed by atoms with Crippen LogP contribution in [0.4, 0.5) is 5.69 Å². The molecule has 1 heterocycles. The molecule has 2 rings (SSSR count). The minimum absolute atomic E-state index is 0.0437. The van der Waals surface area contributed by atoms with Crippen molar-refractivity contribution in [2.45, 2.75) is 31.8 Å². The highest BCUT2D eigenvalue weighted by Gasteiger charge is 2.27. The second kappa shape index (κ2) is 9.28. The number of carboxylic acid groups (broad SMARTS) is 2. The first-order valence-electron chi connectivity index (χ1n) is 8.62. The zero-order valence-electron chi connectivity index (χ0n) is 14.8. The summed E-state index contributed by atoms with van der Waals surface area (Å²) in [4.78, 5) is 35.8. The van der Waals surface area contributed by atoms with Gasteiger partial charge >= 0.3 is 11.9 Å². The van der Waals surface area contributed by atoms with Gasteiger partial charge in [-0.1, -0.05) is 6.42 Å². The van der Waals surface area contributed by atoms with Gasteiger partial charge in [0.1, 0.15) is 5.75 Å². The second-order valence-corrected chi connectivity index (χ2v) is 6.65. The van der Waals surface area contributed by atoms with Gasteiger partial charge in [0.05, 0.1) is 18.0 Å². The third-order valence-electron chi connectivity index (χ3n) is 4.58. The molecule has 27 heavy (non-hydrogen) atoms. The van der Waals surface area contributed by atoms with E-state index >= 15 is 0 Å². The lowest BCUT2D eigenvalue weighted by atomic mass is 10.00. The van der Waals surface area contributed by atoms with Crippen molar-refractivity contribution in [1.29, 1.82) is 0 Å². The maximum absolute atomic E-state index is 11.0. The molecule has 0 aromatic heterocycles. The fraction of sp³-hybridized carbons (Fsp3) is 0.529. The molecular weight excluding hydrogens is 358 g/mol. The van der Waals surface area contributed by atoms with Gasteiger partial charge in [-0.25, -0.2) is 0 Å². The maximum Gasteiger partial charge on any atom is 0.317 e. The number of benzene rings is 1. The fourth-order valence-corrected chi connectivity index (χ4v) is 3.37. The number of non-ortho nitro benzene ring substituents is 1. The molecule has 10 heteroatoms. The van der Waals surface area contributed by atoms with Crippen molar-refractivity contribution < 1.29 is 29.8 Å². The lowest BCUT2D eigenvalue weighted by Crippen LogP contribution is -2.48. The number of nitro benzene ring substituents is 1. The van der Waals surface area contributed by atoms with Crippen molar-refractivity contribution in [2.75, 3.05) is 26.2 Å². The minimum atomic E-state index is -1.10. The molecule has 0 bridgehead atoms. The number of phenolic OH excluding ortho intramolecular Hbond substituents is 1. The van der Waals surface area contributed by atoms with Crippen molar-refractivity contribution >= 4 is 17.6 Å². The molecule has 1 aromatic rings. The quantitative estimate of drug-likeness (QED) is 0.423. The molecule has 148 valence electrons. The van der Waals surface area contributed by atoms with Crippen molar-refractivity contribution in [1.82, 2.24) is 9.80 Å². The van der Waals surface area contributed by atoms with Crippen LogP contribution in [0.5, 0.6) is 5.75 Å². The number of rotatable bonds is 9. The molecule has 0 aliphatic carbocycles. The van der Waals surface area contributed by atoms with Gasteiger partial charge in [-0.3, -0.25) is 29.5 Å². The van der Waals surface area contributed by atoms with E-state index in [1.807, 2.05) is 4.90 Å². The molecule has 0 amide bonds. The molecule has 1 unspecified atom stereocenters. The fourth-order valence-electron chi connectivity index (χ4n) is 3.37. The van der Waals surface area contributed by atoms with E-state index in [-0.39, 0.29) is 43.7 Å². The first kappa shape index (κ1) is 20.6. The van der Waals surface area contributed by atoms with Crippen LogP contribution in [0.15, 0.2) is 18.2 Å². The Kier molecular flexibility index (Phi) is 7.08. The van der Waals surface area contributed by atoms with Crippen molar-refractivity contribution in [3.63, 3.8) is 0 Å². The lowest BCUT2D eigenvalue weighted by Gasteiger charge is -2.38. The zero-order chi connectivity index (χ0) is 20.0.